The van der Waals surface area contributed by atoms with Crippen molar-refractivity contribution >= 4 is 21.6 Å². The Morgan fingerprint density at radius 3 is 2.37 bits per heavy atom. The number of likely N-dealkylation sites (N-methyl/N-ethyl adjacent to an activating group) is 1. The van der Waals surface area contributed by atoms with Crippen molar-refractivity contribution in [3.8, 4) is 0 Å². The summed E-state index contributed by atoms with van der Waals surface area (Å²) in [6, 6.07) is 6.99. The number of anilines is 1. The Morgan fingerprint density at radius 1 is 1.32 bits per heavy atom. The van der Waals surface area contributed by atoms with Crippen molar-refractivity contribution in [3.05, 3.63) is 29.8 Å². The minimum absolute atomic E-state index is 0.298. The molecule has 0 unspecified atom stereocenters. The smallest absolute Gasteiger partial charge is 0.266 e. The predicted octanol–water partition coefficient (Wildman–Crippen LogP) is 0.781. The molecule has 1 amide bonds. The summed E-state index contributed by atoms with van der Waals surface area (Å²) in [5.74, 6) is -0.448. The number of rotatable bonds is 5. The number of benzene rings is 1. The van der Waals surface area contributed by atoms with Gasteiger partial charge >= 0.3 is 0 Å². The molecule has 0 heterocycles. The monoisotopic (exact) mass is 286 g/mol. The fourth-order valence-corrected chi connectivity index (χ4v) is 2.46. The van der Waals surface area contributed by atoms with Crippen LogP contribution in [0.3, 0.4) is 0 Å². The molecule has 0 saturated carbocycles. The van der Waals surface area contributed by atoms with Crippen LogP contribution in [0.1, 0.15) is 5.56 Å². The lowest BCUT2D eigenvalue weighted by molar-refractivity contribution is -0.166. The number of hydroxylamine groups is 2. The second-order valence-electron chi connectivity index (χ2n) is 4.13. The van der Waals surface area contributed by atoms with Gasteiger partial charge < -0.3 is 0 Å². The highest BCUT2D eigenvalue weighted by Crippen LogP contribution is 2.21. The lowest BCUT2D eigenvalue weighted by atomic mass is 10.2. The van der Waals surface area contributed by atoms with Crippen molar-refractivity contribution in [1.82, 2.24) is 5.06 Å². The van der Waals surface area contributed by atoms with Crippen molar-refractivity contribution < 1.29 is 18.0 Å². The molecule has 0 radical (unpaired) electrons. The van der Waals surface area contributed by atoms with Crippen LogP contribution in [-0.4, -0.2) is 46.3 Å². The average molecular weight is 286 g/mol. The first-order chi connectivity index (χ1) is 8.77. The van der Waals surface area contributed by atoms with Crippen LogP contribution in [0.15, 0.2) is 24.3 Å². The van der Waals surface area contributed by atoms with Crippen molar-refractivity contribution in [3.63, 3.8) is 0 Å². The summed E-state index contributed by atoms with van der Waals surface area (Å²) in [4.78, 5) is 16.6. The van der Waals surface area contributed by atoms with Gasteiger partial charge in [-0.3, -0.25) is 13.9 Å². The van der Waals surface area contributed by atoms with Crippen molar-refractivity contribution in [2.75, 3.05) is 31.3 Å². The number of hydrogen-bond donors (Lipinski definition) is 0. The fraction of sp³-hybridized carbons (Fsp3) is 0.417. The Labute approximate surface area is 113 Å². The molecule has 0 aliphatic heterocycles. The van der Waals surface area contributed by atoms with Gasteiger partial charge in [-0.25, -0.2) is 13.5 Å². The summed E-state index contributed by atoms with van der Waals surface area (Å²) in [6.07, 6.45) is 1.07. The highest BCUT2D eigenvalue weighted by molar-refractivity contribution is 7.92. The van der Waals surface area contributed by atoms with E-state index in [4.69, 9.17) is 4.84 Å². The van der Waals surface area contributed by atoms with Crippen LogP contribution in [0, 0.1) is 6.92 Å². The van der Waals surface area contributed by atoms with Crippen LogP contribution in [-0.2, 0) is 19.7 Å². The van der Waals surface area contributed by atoms with Crippen LogP contribution in [0.4, 0.5) is 5.69 Å². The van der Waals surface area contributed by atoms with E-state index in [0.717, 1.165) is 21.2 Å². The zero-order valence-corrected chi connectivity index (χ0v) is 12.3. The van der Waals surface area contributed by atoms with Gasteiger partial charge in [0.15, 0.2) is 0 Å². The van der Waals surface area contributed by atoms with E-state index in [1.807, 2.05) is 6.07 Å². The number of nitrogens with zero attached hydrogens (tertiary/aromatic N) is 2. The fourth-order valence-electron chi connectivity index (χ4n) is 1.55. The van der Waals surface area contributed by atoms with Gasteiger partial charge in [0.1, 0.15) is 6.54 Å². The summed E-state index contributed by atoms with van der Waals surface area (Å²) >= 11 is 0. The van der Waals surface area contributed by atoms with Gasteiger partial charge in [-0.05, 0) is 18.6 Å². The molecular weight excluding hydrogens is 268 g/mol. The van der Waals surface area contributed by atoms with Gasteiger partial charge in [0.2, 0.25) is 10.0 Å². The van der Waals surface area contributed by atoms with Crippen molar-refractivity contribution in [2.45, 2.75) is 6.92 Å². The van der Waals surface area contributed by atoms with Crippen LogP contribution >= 0.6 is 0 Å². The molecule has 0 atom stereocenters. The number of carbonyl (C=O) groups is 1. The predicted molar refractivity (Wildman–Crippen MR) is 73.1 cm³/mol. The van der Waals surface area contributed by atoms with Gasteiger partial charge in [0, 0.05) is 7.05 Å². The molecule has 0 aliphatic carbocycles. The maximum atomic E-state index is 11.8. The zero-order chi connectivity index (χ0) is 14.6. The van der Waals surface area contributed by atoms with Gasteiger partial charge in [0.25, 0.3) is 5.91 Å². The lowest BCUT2D eigenvalue weighted by Gasteiger charge is -2.25. The maximum Gasteiger partial charge on any atom is 0.266 e. The normalized spacial score (nSPS) is 11.2. The highest BCUT2D eigenvalue weighted by atomic mass is 32.2. The molecule has 1 aromatic carbocycles. The van der Waals surface area contributed by atoms with Crippen LogP contribution < -0.4 is 4.31 Å². The van der Waals surface area contributed by atoms with Crippen molar-refractivity contribution in [2.24, 2.45) is 0 Å². The van der Waals surface area contributed by atoms with Gasteiger partial charge in [0.05, 0.1) is 19.1 Å². The Kier molecular flexibility index (Phi) is 4.90. The quantitative estimate of drug-likeness (QED) is 0.750. The molecule has 1 rings (SSSR count). The molecule has 0 aliphatic rings. The van der Waals surface area contributed by atoms with E-state index in [-0.39, 0.29) is 6.54 Å². The van der Waals surface area contributed by atoms with E-state index in [1.54, 1.807) is 25.1 Å². The standard InChI is InChI=1S/C12H18N2O4S/c1-10-7-5-6-8-11(10)14(19(4,16)17)9-12(15)13(2)18-3/h5-8H,9H2,1-4H3. The Hall–Kier alpha value is -1.60. The molecule has 19 heavy (non-hydrogen) atoms. The molecular formula is C12H18N2O4S. The summed E-state index contributed by atoms with van der Waals surface area (Å²) < 4.78 is 24.8. The Bertz CT molecular complexity index is 557. The van der Waals surface area contributed by atoms with E-state index in [2.05, 4.69) is 0 Å². The molecule has 0 saturated heterocycles. The Balaban J connectivity index is 3.12. The molecule has 0 aromatic heterocycles. The highest BCUT2D eigenvalue weighted by Gasteiger charge is 2.23. The third-order valence-corrected chi connectivity index (χ3v) is 3.81. The van der Waals surface area contributed by atoms with Gasteiger partial charge in [-0.15, -0.1) is 0 Å². The first-order valence-corrected chi connectivity index (χ1v) is 7.46. The van der Waals surface area contributed by atoms with E-state index in [9.17, 15) is 13.2 Å². The van der Waals surface area contributed by atoms with E-state index in [0.29, 0.717) is 5.69 Å². The summed E-state index contributed by atoms with van der Waals surface area (Å²) in [5, 5.41) is 0.996. The van der Waals surface area contributed by atoms with Crippen LogP contribution in [0.2, 0.25) is 0 Å². The number of aryl methyl sites for hydroxylation is 1. The van der Waals surface area contributed by atoms with E-state index >= 15 is 0 Å². The second-order valence-corrected chi connectivity index (χ2v) is 6.04. The van der Waals surface area contributed by atoms with E-state index < -0.39 is 15.9 Å². The first-order valence-electron chi connectivity index (χ1n) is 5.61. The first kappa shape index (κ1) is 15.5. The van der Waals surface area contributed by atoms with Gasteiger partial charge in [-0.2, -0.15) is 0 Å². The molecule has 0 bridgehead atoms. The number of carbonyl (C=O) groups excluding carboxylic acids is 1. The average Bonchev–Trinajstić information content (AvgIpc) is 2.34. The third kappa shape index (κ3) is 3.93. The summed E-state index contributed by atoms with van der Waals surface area (Å²) in [5.41, 5.74) is 1.27. The number of amides is 1. The number of sulfonamides is 1. The molecule has 0 spiro atoms. The zero-order valence-electron chi connectivity index (χ0n) is 11.5. The van der Waals surface area contributed by atoms with Crippen LogP contribution in [0.5, 0.6) is 0 Å². The maximum absolute atomic E-state index is 11.8. The summed E-state index contributed by atoms with van der Waals surface area (Å²) in [7, 11) is -0.772. The summed E-state index contributed by atoms with van der Waals surface area (Å²) in [6.45, 7) is 1.49. The molecule has 0 fully saturated rings. The topological polar surface area (TPSA) is 66.9 Å². The van der Waals surface area contributed by atoms with Crippen LogP contribution in [0.25, 0.3) is 0 Å². The van der Waals surface area contributed by atoms with E-state index in [1.165, 1.54) is 14.2 Å². The molecule has 6 nitrogen and oxygen atoms in total. The third-order valence-electron chi connectivity index (χ3n) is 2.69. The second kappa shape index (κ2) is 6.03. The van der Waals surface area contributed by atoms with Crippen molar-refractivity contribution in [1.29, 1.82) is 0 Å². The minimum atomic E-state index is -3.55. The SMILES string of the molecule is CON(C)C(=O)CN(c1ccccc1C)S(C)(=O)=O. The number of hydrogen-bond acceptors (Lipinski definition) is 4. The molecule has 1 aromatic rings. The Morgan fingerprint density at radius 2 is 1.89 bits per heavy atom. The largest absolute Gasteiger partial charge is 0.275 e. The van der Waals surface area contributed by atoms with Gasteiger partial charge in [-0.1, -0.05) is 18.2 Å². The molecule has 7 heteroatoms. The lowest BCUT2D eigenvalue weighted by Crippen LogP contribution is -2.41. The number of para-hydroxylation sites is 1. The minimum Gasteiger partial charge on any atom is -0.275 e. The molecule has 106 valence electrons. The molecule has 0 N–H and O–H groups in total.